The maximum atomic E-state index is 5.96. The van der Waals surface area contributed by atoms with Gasteiger partial charge in [-0.05, 0) is 65.4 Å². The maximum absolute atomic E-state index is 5.96. The largest absolute Gasteiger partial charge is 0.316 e. The molecule has 2 aromatic rings. The van der Waals surface area contributed by atoms with Crippen LogP contribution in [-0.4, -0.2) is 13.1 Å². The van der Waals surface area contributed by atoms with Crippen LogP contribution in [-0.2, 0) is 6.42 Å². The van der Waals surface area contributed by atoms with Crippen LogP contribution in [0, 0.1) is 0 Å². The van der Waals surface area contributed by atoms with Gasteiger partial charge in [-0.1, -0.05) is 30.7 Å². The Hall–Kier alpha value is -0.830. The van der Waals surface area contributed by atoms with Crippen molar-refractivity contribution in [2.75, 3.05) is 13.1 Å². The molecule has 0 aliphatic rings. The van der Waals surface area contributed by atoms with Gasteiger partial charge < -0.3 is 5.32 Å². The summed E-state index contributed by atoms with van der Waals surface area (Å²) in [5.74, 6) is 0.553. The fraction of sp³-hybridized carbons (Fsp3) is 0.375. The monoisotopic (exact) mass is 293 g/mol. The first-order valence-electron chi connectivity index (χ1n) is 6.77. The van der Waals surface area contributed by atoms with Gasteiger partial charge >= 0.3 is 0 Å². The Balaban J connectivity index is 2.00. The zero-order valence-electron chi connectivity index (χ0n) is 11.2. The first kappa shape index (κ1) is 14.6. The van der Waals surface area contributed by atoms with Crippen LogP contribution in [0.2, 0.25) is 5.02 Å². The van der Waals surface area contributed by atoms with E-state index < -0.39 is 0 Å². The first-order chi connectivity index (χ1) is 9.29. The molecule has 0 aliphatic heterocycles. The van der Waals surface area contributed by atoms with Crippen LogP contribution >= 0.6 is 22.9 Å². The molecule has 0 spiro atoms. The van der Waals surface area contributed by atoms with E-state index in [4.69, 9.17) is 11.6 Å². The first-order valence-corrected chi connectivity index (χ1v) is 8.09. The molecule has 0 radical (unpaired) electrons. The molecule has 0 aliphatic carbocycles. The second kappa shape index (κ2) is 7.68. The molecule has 0 bridgehead atoms. The number of aryl methyl sites for hydroxylation is 1. The third-order valence-corrected chi connectivity index (χ3v) is 4.33. The predicted molar refractivity (Wildman–Crippen MR) is 85.4 cm³/mol. The third-order valence-electron chi connectivity index (χ3n) is 3.34. The van der Waals surface area contributed by atoms with Crippen molar-refractivity contribution >= 4 is 22.9 Å². The molecule has 3 heteroatoms. The van der Waals surface area contributed by atoms with E-state index >= 15 is 0 Å². The van der Waals surface area contributed by atoms with Crippen molar-refractivity contribution in [3.05, 3.63) is 57.2 Å². The van der Waals surface area contributed by atoms with Crippen LogP contribution < -0.4 is 5.32 Å². The number of nitrogens with one attached hydrogen (secondary N) is 1. The van der Waals surface area contributed by atoms with Crippen molar-refractivity contribution in [3.63, 3.8) is 0 Å². The summed E-state index contributed by atoms with van der Waals surface area (Å²) in [5.41, 5.74) is 2.82. The van der Waals surface area contributed by atoms with Gasteiger partial charge in [0.1, 0.15) is 0 Å². The molecule has 0 saturated heterocycles. The van der Waals surface area contributed by atoms with Crippen LogP contribution in [0.1, 0.15) is 30.4 Å². The number of halogens is 1. The molecule has 0 saturated carbocycles. The van der Waals surface area contributed by atoms with Gasteiger partial charge in [-0.15, -0.1) is 0 Å². The summed E-state index contributed by atoms with van der Waals surface area (Å²) < 4.78 is 0. The Morgan fingerprint density at radius 3 is 2.63 bits per heavy atom. The molecule has 1 aromatic heterocycles. The highest BCUT2D eigenvalue weighted by atomic mass is 35.5. The molecule has 1 aromatic carbocycles. The average Bonchev–Trinajstić information content (AvgIpc) is 2.93. The number of hydrogen-bond donors (Lipinski definition) is 1. The van der Waals surface area contributed by atoms with Gasteiger partial charge in [0, 0.05) is 11.6 Å². The lowest BCUT2D eigenvalue weighted by atomic mass is 9.93. The van der Waals surface area contributed by atoms with E-state index in [1.54, 1.807) is 11.3 Å². The Bertz CT molecular complexity index is 464. The van der Waals surface area contributed by atoms with Gasteiger partial charge in [0.2, 0.25) is 0 Å². The summed E-state index contributed by atoms with van der Waals surface area (Å²) in [7, 11) is 0. The number of hydrogen-bond acceptors (Lipinski definition) is 2. The highest BCUT2D eigenvalue weighted by molar-refractivity contribution is 7.07. The molecular weight excluding hydrogens is 274 g/mol. The van der Waals surface area contributed by atoms with Crippen molar-refractivity contribution in [1.29, 1.82) is 0 Å². The fourth-order valence-electron chi connectivity index (χ4n) is 2.22. The summed E-state index contributed by atoms with van der Waals surface area (Å²) in [6, 6.07) is 10.5. The van der Waals surface area contributed by atoms with Gasteiger partial charge in [0.05, 0.1) is 0 Å². The lowest BCUT2D eigenvalue weighted by Gasteiger charge is -2.17. The van der Waals surface area contributed by atoms with Crippen molar-refractivity contribution in [1.82, 2.24) is 5.32 Å². The zero-order chi connectivity index (χ0) is 13.5. The maximum Gasteiger partial charge on any atom is 0.0406 e. The highest BCUT2D eigenvalue weighted by Gasteiger charge is 2.11. The minimum atomic E-state index is 0.553. The van der Waals surface area contributed by atoms with Gasteiger partial charge in [-0.25, -0.2) is 0 Å². The molecule has 0 amide bonds. The SMILES string of the molecule is CCNCC(CCc1ccsc1)c1ccc(Cl)cc1. The van der Waals surface area contributed by atoms with E-state index in [9.17, 15) is 0 Å². The summed E-state index contributed by atoms with van der Waals surface area (Å²) in [4.78, 5) is 0. The molecular formula is C16H20ClNS. The molecule has 102 valence electrons. The Morgan fingerprint density at radius 2 is 2.00 bits per heavy atom. The van der Waals surface area contributed by atoms with E-state index in [0.717, 1.165) is 24.5 Å². The van der Waals surface area contributed by atoms with Crippen LogP contribution in [0.4, 0.5) is 0 Å². The summed E-state index contributed by atoms with van der Waals surface area (Å²) in [5, 5.41) is 8.66. The minimum Gasteiger partial charge on any atom is -0.316 e. The van der Waals surface area contributed by atoms with E-state index in [-0.39, 0.29) is 0 Å². The van der Waals surface area contributed by atoms with E-state index in [1.807, 2.05) is 12.1 Å². The number of rotatable bonds is 7. The second-order valence-electron chi connectivity index (χ2n) is 4.73. The smallest absolute Gasteiger partial charge is 0.0406 e. The number of likely N-dealkylation sites (N-methyl/N-ethyl adjacent to an activating group) is 1. The van der Waals surface area contributed by atoms with Gasteiger partial charge in [-0.3, -0.25) is 0 Å². The predicted octanol–water partition coefficient (Wildman–Crippen LogP) is 4.73. The molecule has 1 atom stereocenters. The quantitative estimate of drug-likeness (QED) is 0.778. The van der Waals surface area contributed by atoms with Crippen molar-refractivity contribution in [2.45, 2.75) is 25.7 Å². The van der Waals surface area contributed by atoms with Crippen LogP contribution in [0.5, 0.6) is 0 Å². The minimum absolute atomic E-state index is 0.553. The third kappa shape index (κ3) is 4.64. The van der Waals surface area contributed by atoms with Crippen molar-refractivity contribution in [3.8, 4) is 0 Å². The zero-order valence-corrected chi connectivity index (χ0v) is 12.8. The number of benzene rings is 1. The van der Waals surface area contributed by atoms with E-state index in [1.165, 1.54) is 17.5 Å². The van der Waals surface area contributed by atoms with Gasteiger partial charge in [0.15, 0.2) is 0 Å². The molecule has 0 fully saturated rings. The van der Waals surface area contributed by atoms with Crippen molar-refractivity contribution < 1.29 is 0 Å². The Labute approximate surface area is 124 Å². The van der Waals surface area contributed by atoms with Crippen LogP contribution in [0.3, 0.4) is 0 Å². The molecule has 1 nitrogen and oxygen atoms in total. The Kier molecular flexibility index (Phi) is 5.90. The summed E-state index contributed by atoms with van der Waals surface area (Å²) in [6.07, 6.45) is 2.31. The highest BCUT2D eigenvalue weighted by Crippen LogP contribution is 2.23. The van der Waals surface area contributed by atoms with Gasteiger partial charge in [-0.2, -0.15) is 11.3 Å². The van der Waals surface area contributed by atoms with Crippen molar-refractivity contribution in [2.24, 2.45) is 0 Å². The molecule has 1 unspecified atom stereocenters. The molecule has 1 heterocycles. The standard InChI is InChI=1S/C16H20ClNS/c1-2-18-11-15(4-3-13-9-10-19-12-13)14-5-7-16(17)8-6-14/h5-10,12,15,18H,2-4,11H2,1H3. The topological polar surface area (TPSA) is 12.0 Å². The molecule has 2 rings (SSSR count). The second-order valence-corrected chi connectivity index (χ2v) is 5.94. The normalized spacial score (nSPS) is 12.5. The van der Waals surface area contributed by atoms with E-state index in [0.29, 0.717) is 5.92 Å². The lowest BCUT2D eigenvalue weighted by molar-refractivity contribution is 0.562. The van der Waals surface area contributed by atoms with E-state index in [2.05, 4.69) is 41.2 Å². The fourth-order valence-corrected chi connectivity index (χ4v) is 3.05. The number of thiophene rings is 1. The molecule has 1 N–H and O–H groups in total. The Morgan fingerprint density at radius 1 is 1.21 bits per heavy atom. The average molecular weight is 294 g/mol. The van der Waals surface area contributed by atoms with Crippen LogP contribution in [0.25, 0.3) is 0 Å². The summed E-state index contributed by atoms with van der Waals surface area (Å²) >= 11 is 7.74. The summed E-state index contributed by atoms with van der Waals surface area (Å²) in [6.45, 7) is 4.20. The van der Waals surface area contributed by atoms with Gasteiger partial charge in [0.25, 0.3) is 0 Å². The lowest BCUT2D eigenvalue weighted by Crippen LogP contribution is -2.21. The molecule has 19 heavy (non-hydrogen) atoms. The van der Waals surface area contributed by atoms with Crippen LogP contribution in [0.15, 0.2) is 41.1 Å².